The number of nitrogens with zero attached hydrogens (tertiary/aromatic N) is 4. The number of pyridine rings is 1. The van der Waals surface area contributed by atoms with Crippen LogP contribution in [0.5, 0.6) is 0 Å². The highest BCUT2D eigenvalue weighted by atomic mass is 15.3. The summed E-state index contributed by atoms with van der Waals surface area (Å²) in [6.07, 6.45) is 7.96. The molecule has 2 aromatic rings. The predicted octanol–water partition coefficient (Wildman–Crippen LogP) is 1.16. The number of rotatable bonds is 5. The monoisotopic (exact) mass is 217 g/mol. The molecule has 0 unspecified atom stereocenters. The third-order valence-electron chi connectivity index (χ3n) is 2.22. The Labute approximate surface area is 94.5 Å². The van der Waals surface area contributed by atoms with Crippen LogP contribution in [0.4, 0.5) is 0 Å². The maximum atomic E-state index is 4.19. The average Bonchev–Trinajstić information content (AvgIpc) is 2.83. The van der Waals surface area contributed by atoms with Gasteiger partial charge in [0, 0.05) is 12.7 Å². The fraction of sp³-hybridized carbons (Fsp3) is 0.364. The molecule has 5 nitrogen and oxygen atoms in total. The summed E-state index contributed by atoms with van der Waals surface area (Å²) in [5.41, 5.74) is 2.09. The molecule has 84 valence electrons. The highest BCUT2D eigenvalue weighted by Gasteiger charge is 1.99. The molecule has 0 atom stereocenters. The summed E-state index contributed by atoms with van der Waals surface area (Å²) >= 11 is 0. The zero-order chi connectivity index (χ0) is 11.2. The maximum Gasteiger partial charge on any atom is 0.138 e. The van der Waals surface area contributed by atoms with E-state index in [4.69, 9.17) is 0 Å². The van der Waals surface area contributed by atoms with Crippen molar-refractivity contribution in [3.05, 3.63) is 36.7 Å². The molecule has 5 heteroatoms. The van der Waals surface area contributed by atoms with Crippen molar-refractivity contribution in [3.8, 4) is 5.69 Å². The molecule has 0 bridgehead atoms. The first-order chi connectivity index (χ1) is 7.90. The van der Waals surface area contributed by atoms with E-state index in [0.717, 1.165) is 30.8 Å². The molecule has 0 saturated carbocycles. The van der Waals surface area contributed by atoms with E-state index in [1.807, 2.05) is 6.20 Å². The van der Waals surface area contributed by atoms with Crippen LogP contribution >= 0.6 is 0 Å². The van der Waals surface area contributed by atoms with E-state index >= 15 is 0 Å². The third kappa shape index (κ3) is 2.64. The summed E-state index contributed by atoms with van der Waals surface area (Å²) in [7, 11) is 0. The van der Waals surface area contributed by atoms with Gasteiger partial charge in [0.25, 0.3) is 0 Å². The molecule has 0 aromatic carbocycles. The molecule has 0 aliphatic heterocycles. The summed E-state index contributed by atoms with van der Waals surface area (Å²) in [5, 5.41) is 7.41. The van der Waals surface area contributed by atoms with Crippen LogP contribution < -0.4 is 5.32 Å². The normalized spacial score (nSPS) is 10.6. The van der Waals surface area contributed by atoms with E-state index in [0.29, 0.717) is 0 Å². The molecule has 2 rings (SSSR count). The second-order valence-corrected chi connectivity index (χ2v) is 3.57. The minimum Gasteiger partial charge on any atom is -0.313 e. The molecule has 0 aliphatic carbocycles. The van der Waals surface area contributed by atoms with Gasteiger partial charge in [-0.3, -0.25) is 4.98 Å². The lowest BCUT2D eigenvalue weighted by Gasteiger charge is -2.05. The quantitative estimate of drug-likeness (QED) is 0.764. The van der Waals surface area contributed by atoms with Crippen LogP contribution in [-0.2, 0) is 6.54 Å². The smallest absolute Gasteiger partial charge is 0.138 e. The van der Waals surface area contributed by atoms with Crippen molar-refractivity contribution in [1.82, 2.24) is 25.1 Å². The lowest BCUT2D eigenvalue weighted by Crippen LogP contribution is -2.14. The Morgan fingerprint density at radius 2 is 2.25 bits per heavy atom. The van der Waals surface area contributed by atoms with E-state index in [2.05, 4.69) is 33.4 Å². The van der Waals surface area contributed by atoms with Gasteiger partial charge in [-0.15, -0.1) is 0 Å². The molecule has 0 spiro atoms. The fourth-order valence-electron chi connectivity index (χ4n) is 1.45. The SMILES string of the molecule is CCCNCc1cncc(-n2cncn2)c1. The van der Waals surface area contributed by atoms with E-state index in [1.165, 1.54) is 6.33 Å². The van der Waals surface area contributed by atoms with Gasteiger partial charge in [0.15, 0.2) is 0 Å². The van der Waals surface area contributed by atoms with Gasteiger partial charge >= 0.3 is 0 Å². The van der Waals surface area contributed by atoms with Gasteiger partial charge in [-0.25, -0.2) is 9.67 Å². The minimum atomic E-state index is 0.837. The van der Waals surface area contributed by atoms with Crippen LogP contribution in [0.15, 0.2) is 31.1 Å². The molecule has 0 amide bonds. The standard InChI is InChI=1S/C11H15N5/c1-2-3-12-5-10-4-11(7-13-6-10)16-9-14-8-15-16/h4,6-9,12H,2-3,5H2,1H3. The Bertz CT molecular complexity index is 424. The van der Waals surface area contributed by atoms with Crippen LogP contribution in [0, 0.1) is 0 Å². The highest BCUT2D eigenvalue weighted by molar-refractivity contribution is 5.30. The van der Waals surface area contributed by atoms with Crippen LogP contribution in [0.3, 0.4) is 0 Å². The molecule has 16 heavy (non-hydrogen) atoms. The van der Waals surface area contributed by atoms with Gasteiger partial charge in [-0.1, -0.05) is 6.92 Å². The van der Waals surface area contributed by atoms with Gasteiger partial charge in [0.05, 0.1) is 11.9 Å². The molecule has 2 heterocycles. The first-order valence-electron chi connectivity index (χ1n) is 5.40. The largest absolute Gasteiger partial charge is 0.313 e. The fourth-order valence-corrected chi connectivity index (χ4v) is 1.45. The number of hydrogen-bond acceptors (Lipinski definition) is 4. The Morgan fingerprint density at radius 1 is 1.31 bits per heavy atom. The molecule has 2 aromatic heterocycles. The van der Waals surface area contributed by atoms with Crippen LogP contribution in [0.1, 0.15) is 18.9 Å². The van der Waals surface area contributed by atoms with E-state index in [9.17, 15) is 0 Å². The second kappa shape index (κ2) is 5.37. The first kappa shape index (κ1) is 10.8. The molecular weight excluding hydrogens is 202 g/mol. The average molecular weight is 217 g/mol. The Balaban J connectivity index is 2.08. The van der Waals surface area contributed by atoms with E-state index in [-0.39, 0.29) is 0 Å². The highest BCUT2D eigenvalue weighted by Crippen LogP contribution is 2.06. The third-order valence-corrected chi connectivity index (χ3v) is 2.22. The van der Waals surface area contributed by atoms with E-state index in [1.54, 1.807) is 17.2 Å². The first-order valence-corrected chi connectivity index (χ1v) is 5.40. The van der Waals surface area contributed by atoms with Crippen molar-refractivity contribution in [2.45, 2.75) is 19.9 Å². The zero-order valence-corrected chi connectivity index (χ0v) is 9.30. The van der Waals surface area contributed by atoms with Crippen molar-refractivity contribution in [3.63, 3.8) is 0 Å². The van der Waals surface area contributed by atoms with Gasteiger partial charge in [0.1, 0.15) is 12.7 Å². The van der Waals surface area contributed by atoms with Crippen molar-refractivity contribution in [1.29, 1.82) is 0 Å². The topological polar surface area (TPSA) is 55.6 Å². The number of aromatic nitrogens is 4. The number of hydrogen-bond donors (Lipinski definition) is 1. The van der Waals surface area contributed by atoms with Crippen LogP contribution in [0.2, 0.25) is 0 Å². The van der Waals surface area contributed by atoms with Gasteiger partial charge in [-0.05, 0) is 24.6 Å². The van der Waals surface area contributed by atoms with Crippen molar-refractivity contribution < 1.29 is 0 Å². The van der Waals surface area contributed by atoms with Gasteiger partial charge in [0.2, 0.25) is 0 Å². The summed E-state index contributed by atoms with van der Waals surface area (Å²) < 4.78 is 1.70. The maximum absolute atomic E-state index is 4.19. The second-order valence-electron chi connectivity index (χ2n) is 3.57. The summed E-state index contributed by atoms with van der Waals surface area (Å²) in [5.74, 6) is 0. The summed E-state index contributed by atoms with van der Waals surface area (Å²) in [6, 6.07) is 2.06. The molecular formula is C11H15N5. The molecule has 0 radical (unpaired) electrons. The summed E-state index contributed by atoms with van der Waals surface area (Å²) in [6.45, 7) is 4.01. The van der Waals surface area contributed by atoms with Crippen molar-refractivity contribution in [2.75, 3.05) is 6.54 Å². The molecule has 0 aliphatic rings. The lowest BCUT2D eigenvalue weighted by atomic mass is 10.2. The predicted molar refractivity (Wildman–Crippen MR) is 61.2 cm³/mol. The zero-order valence-electron chi connectivity index (χ0n) is 9.30. The lowest BCUT2D eigenvalue weighted by molar-refractivity contribution is 0.673. The number of nitrogens with one attached hydrogen (secondary N) is 1. The Morgan fingerprint density at radius 3 is 3.00 bits per heavy atom. The van der Waals surface area contributed by atoms with Crippen LogP contribution in [-0.4, -0.2) is 26.3 Å². The van der Waals surface area contributed by atoms with Crippen LogP contribution in [0.25, 0.3) is 5.69 Å². The molecule has 1 N–H and O–H groups in total. The Kier molecular flexibility index (Phi) is 3.61. The van der Waals surface area contributed by atoms with E-state index < -0.39 is 0 Å². The molecule has 0 fully saturated rings. The van der Waals surface area contributed by atoms with Gasteiger partial charge in [-0.2, -0.15) is 5.10 Å². The molecule has 0 saturated heterocycles. The minimum absolute atomic E-state index is 0.837. The Hall–Kier alpha value is -1.75. The van der Waals surface area contributed by atoms with Crippen molar-refractivity contribution in [2.24, 2.45) is 0 Å². The van der Waals surface area contributed by atoms with Crippen molar-refractivity contribution >= 4 is 0 Å². The summed E-state index contributed by atoms with van der Waals surface area (Å²) in [4.78, 5) is 8.10. The van der Waals surface area contributed by atoms with Gasteiger partial charge < -0.3 is 5.32 Å².